The molecule has 0 fully saturated rings. The third kappa shape index (κ3) is 8.34. The molecule has 2 N–H and O–H groups in total. The second-order valence-electron chi connectivity index (χ2n) is 6.62. The molecule has 2 rings (SSSR count). The van der Waals surface area contributed by atoms with Gasteiger partial charge >= 0.3 is 12.1 Å². The van der Waals surface area contributed by atoms with E-state index in [0.29, 0.717) is 5.56 Å². The minimum absolute atomic E-state index is 0.0721. The van der Waals surface area contributed by atoms with Crippen molar-refractivity contribution in [1.29, 1.82) is 0 Å². The highest BCUT2D eigenvalue weighted by Crippen LogP contribution is 2.17. The summed E-state index contributed by atoms with van der Waals surface area (Å²) in [5.41, 5.74) is 5.89. The SMILES string of the molecule is NC(=O)CCN(C(=O)COC(=O)c1ccc(COCC(F)(F)F)cc1)c1ccc(F)cc1. The molecule has 7 nitrogen and oxygen atoms in total. The number of carbonyl (C=O) groups excluding carboxylic acids is 3. The highest BCUT2D eigenvalue weighted by Gasteiger charge is 2.27. The monoisotopic (exact) mass is 456 g/mol. The molecule has 2 aromatic rings. The molecule has 0 aromatic heterocycles. The predicted octanol–water partition coefficient (Wildman–Crippen LogP) is 2.97. The normalized spacial score (nSPS) is 11.1. The number of ether oxygens (including phenoxy) is 2. The molecule has 0 aliphatic carbocycles. The zero-order chi connectivity index (χ0) is 23.7. The molecular weight excluding hydrogens is 436 g/mol. The van der Waals surface area contributed by atoms with Crippen LogP contribution in [0, 0.1) is 5.82 Å². The molecule has 0 heterocycles. The number of hydrogen-bond acceptors (Lipinski definition) is 5. The van der Waals surface area contributed by atoms with Crippen molar-refractivity contribution < 1.29 is 41.4 Å². The first-order valence-electron chi connectivity index (χ1n) is 9.30. The molecule has 2 aromatic carbocycles. The molecule has 0 spiro atoms. The van der Waals surface area contributed by atoms with Crippen molar-refractivity contribution in [1.82, 2.24) is 0 Å². The van der Waals surface area contributed by atoms with E-state index in [1.165, 1.54) is 36.4 Å². The second kappa shape index (κ2) is 11.2. The first-order chi connectivity index (χ1) is 15.0. The Balaban J connectivity index is 1.94. The fraction of sp³-hybridized carbons (Fsp3) is 0.286. The maximum atomic E-state index is 13.2. The second-order valence-corrected chi connectivity index (χ2v) is 6.62. The molecule has 0 radical (unpaired) electrons. The summed E-state index contributed by atoms with van der Waals surface area (Å²) in [6.07, 6.45) is -4.59. The number of nitrogens with zero attached hydrogens (tertiary/aromatic N) is 1. The van der Waals surface area contributed by atoms with Gasteiger partial charge < -0.3 is 20.1 Å². The van der Waals surface area contributed by atoms with Gasteiger partial charge in [-0.3, -0.25) is 9.59 Å². The molecule has 0 aliphatic rings. The number of nitrogens with two attached hydrogens (primary N) is 1. The van der Waals surface area contributed by atoms with E-state index in [1.54, 1.807) is 0 Å². The molecule has 11 heteroatoms. The van der Waals surface area contributed by atoms with Crippen molar-refractivity contribution in [3.8, 4) is 0 Å². The first-order valence-corrected chi connectivity index (χ1v) is 9.30. The summed E-state index contributed by atoms with van der Waals surface area (Å²) in [6.45, 7) is -2.44. The van der Waals surface area contributed by atoms with Crippen LogP contribution in [0.15, 0.2) is 48.5 Å². The first kappa shape index (κ1) is 24.8. The van der Waals surface area contributed by atoms with Crippen LogP contribution in [-0.2, 0) is 25.7 Å². The van der Waals surface area contributed by atoms with E-state index in [9.17, 15) is 31.9 Å². The Kier molecular flexibility index (Phi) is 8.71. The zero-order valence-electron chi connectivity index (χ0n) is 16.7. The lowest BCUT2D eigenvalue weighted by Gasteiger charge is -2.22. The Morgan fingerprint density at radius 2 is 1.59 bits per heavy atom. The van der Waals surface area contributed by atoms with Gasteiger partial charge in [-0.15, -0.1) is 0 Å². The van der Waals surface area contributed by atoms with Crippen molar-refractivity contribution in [3.05, 3.63) is 65.5 Å². The summed E-state index contributed by atoms with van der Waals surface area (Å²) in [5, 5.41) is 0. The van der Waals surface area contributed by atoms with Gasteiger partial charge in [0.25, 0.3) is 5.91 Å². The molecule has 32 heavy (non-hydrogen) atoms. The number of esters is 1. The average Bonchev–Trinajstić information content (AvgIpc) is 2.72. The van der Waals surface area contributed by atoms with Crippen LogP contribution in [-0.4, -0.2) is 43.7 Å². The van der Waals surface area contributed by atoms with Gasteiger partial charge in [0, 0.05) is 18.7 Å². The van der Waals surface area contributed by atoms with E-state index >= 15 is 0 Å². The number of carbonyl (C=O) groups is 3. The largest absolute Gasteiger partial charge is 0.452 e. The topological polar surface area (TPSA) is 98.9 Å². The van der Waals surface area contributed by atoms with Gasteiger partial charge in [-0.2, -0.15) is 13.2 Å². The summed E-state index contributed by atoms with van der Waals surface area (Å²) in [5.74, 6) is -2.67. The number of halogens is 4. The molecule has 0 aliphatic heterocycles. The van der Waals surface area contributed by atoms with Crippen LogP contribution in [0.1, 0.15) is 22.3 Å². The predicted molar refractivity (Wildman–Crippen MR) is 105 cm³/mol. The lowest BCUT2D eigenvalue weighted by Crippen LogP contribution is -2.37. The standard InChI is InChI=1S/C21H20F4N2O5/c22-16-5-7-17(8-6-16)27(10-9-18(26)28)19(29)12-32-20(30)15-3-1-14(2-4-15)11-31-13-21(23,24)25/h1-8H,9-13H2,(H2,26,28). The smallest absolute Gasteiger partial charge is 0.411 e. The number of anilines is 1. The lowest BCUT2D eigenvalue weighted by molar-refractivity contribution is -0.176. The number of hydrogen-bond donors (Lipinski definition) is 1. The van der Waals surface area contributed by atoms with E-state index < -0.39 is 43.0 Å². The maximum Gasteiger partial charge on any atom is 0.411 e. The van der Waals surface area contributed by atoms with Crippen LogP contribution in [0.4, 0.5) is 23.2 Å². The van der Waals surface area contributed by atoms with Gasteiger partial charge in [-0.1, -0.05) is 12.1 Å². The minimum atomic E-state index is -4.43. The Hall–Kier alpha value is -3.47. The highest BCUT2D eigenvalue weighted by atomic mass is 19.4. The van der Waals surface area contributed by atoms with Gasteiger partial charge in [0.2, 0.25) is 5.91 Å². The minimum Gasteiger partial charge on any atom is -0.452 e. The quantitative estimate of drug-likeness (QED) is 0.438. The molecule has 0 saturated carbocycles. The number of amides is 2. The van der Waals surface area contributed by atoms with Crippen LogP contribution in [0.3, 0.4) is 0 Å². The summed E-state index contributed by atoms with van der Waals surface area (Å²) in [4.78, 5) is 36.9. The maximum absolute atomic E-state index is 13.2. The third-order valence-electron chi connectivity index (χ3n) is 4.07. The van der Waals surface area contributed by atoms with Crippen LogP contribution in [0.5, 0.6) is 0 Å². The highest BCUT2D eigenvalue weighted by molar-refractivity contribution is 5.97. The summed E-state index contributed by atoms with van der Waals surface area (Å²) < 4.78 is 58.9. The van der Waals surface area contributed by atoms with Crippen molar-refractivity contribution in [2.45, 2.75) is 19.2 Å². The van der Waals surface area contributed by atoms with E-state index in [4.69, 9.17) is 10.5 Å². The van der Waals surface area contributed by atoms with Crippen molar-refractivity contribution >= 4 is 23.5 Å². The van der Waals surface area contributed by atoms with Crippen LogP contribution in [0.2, 0.25) is 0 Å². The average molecular weight is 456 g/mol. The van der Waals surface area contributed by atoms with Crippen molar-refractivity contribution in [3.63, 3.8) is 0 Å². The summed E-state index contributed by atoms with van der Waals surface area (Å²) in [7, 11) is 0. The fourth-order valence-electron chi connectivity index (χ4n) is 2.55. The number of primary amides is 1. The molecule has 172 valence electrons. The molecular formula is C21H20F4N2O5. The fourth-order valence-corrected chi connectivity index (χ4v) is 2.55. The lowest BCUT2D eigenvalue weighted by atomic mass is 10.1. The van der Waals surface area contributed by atoms with Crippen molar-refractivity contribution in [2.75, 3.05) is 24.7 Å². The Morgan fingerprint density at radius 1 is 0.969 bits per heavy atom. The number of rotatable bonds is 10. The zero-order valence-corrected chi connectivity index (χ0v) is 16.7. The third-order valence-corrected chi connectivity index (χ3v) is 4.07. The number of alkyl halides is 3. The molecule has 0 atom stereocenters. The van der Waals surface area contributed by atoms with Gasteiger partial charge in [-0.05, 0) is 42.0 Å². The number of benzene rings is 2. The molecule has 0 saturated heterocycles. The van der Waals surface area contributed by atoms with E-state index in [-0.39, 0.29) is 30.8 Å². The van der Waals surface area contributed by atoms with E-state index in [0.717, 1.165) is 17.0 Å². The van der Waals surface area contributed by atoms with E-state index in [2.05, 4.69) is 4.74 Å². The van der Waals surface area contributed by atoms with Gasteiger partial charge in [0.1, 0.15) is 12.4 Å². The van der Waals surface area contributed by atoms with Gasteiger partial charge in [0.15, 0.2) is 6.61 Å². The Labute approximate surface area is 180 Å². The van der Waals surface area contributed by atoms with E-state index in [1.807, 2.05) is 0 Å². The molecule has 2 amide bonds. The van der Waals surface area contributed by atoms with Gasteiger partial charge in [0.05, 0.1) is 12.2 Å². The Bertz CT molecular complexity index is 931. The van der Waals surface area contributed by atoms with Crippen LogP contribution < -0.4 is 10.6 Å². The molecule has 0 unspecified atom stereocenters. The Morgan fingerprint density at radius 3 is 2.16 bits per heavy atom. The van der Waals surface area contributed by atoms with Crippen molar-refractivity contribution in [2.24, 2.45) is 5.73 Å². The summed E-state index contributed by atoms with van der Waals surface area (Å²) >= 11 is 0. The molecule has 0 bridgehead atoms. The van der Waals surface area contributed by atoms with Crippen LogP contribution >= 0.6 is 0 Å². The summed E-state index contributed by atoms with van der Waals surface area (Å²) in [6, 6.07) is 10.4. The van der Waals surface area contributed by atoms with Gasteiger partial charge in [-0.25, -0.2) is 9.18 Å². The van der Waals surface area contributed by atoms with Crippen LogP contribution in [0.25, 0.3) is 0 Å².